The van der Waals surface area contributed by atoms with Gasteiger partial charge in [-0.15, -0.1) is 0 Å². The molecule has 124 valence electrons. The van der Waals surface area contributed by atoms with Crippen LogP contribution in [0, 0.1) is 0 Å². The van der Waals surface area contributed by atoms with Crippen LogP contribution >= 0.6 is 15.9 Å². The third-order valence-electron chi connectivity index (χ3n) is 2.93. The van der Waals surface area contributed by atoms with Crippen LogP contribution in [0.3, 0.4) is 0 Å². The van der Waals surface area contributed by atoms with Crippen LogP contribution in [0.2, 0.25) is 0 Å². The molecular formula is C17H15BrN2O4. The first-order valence-corrected chi connectivity index (χ1v) is 7.74. The minimum atomic E-state index is -0.434. The fourth-order valence-electron chi connectivity index (χ4n) is 1.83. The highest BCUT2D eigenvalue weighted by atomic mass is 79.9. The zero-order valence-corrected chi connectivity index (χ0v) is 14.7. The average Bonchev–Trinajstić information content (AvgIpc) is 2.56. The number of esters is 1. The van der Waals surface area contributed by atoms with E-state index in [2.05, 4.69) is 26.5 Å². The molecule has 0 saturated heterocycles. The van der Waals surface area contributed by atoms with Gasteiger partial charge in [0.25, 0.3) is 5.91 Å². The summed E-state index contributed by atoms with van der Waals surface area (Å²) >= 11 is 3.31. The topological polar surface area (TPSA) is 77.0 Å². The Morgan fingerprint density at radius 2 is 1.83 bits per heavy atom. The maximum absolute atomic E-state index is 11.9. The van der Waals surface area contributed by atoms with Crippen molar-refractivity contribution < 1.29 is 19.1 Å². The van der Waals surface area contributed by atoms with Crippen LogP contribution in [-0.4, -0.2) is 25.2 Å². The SMILES string of the molecule is COc1cc(/C=N\NC(=O)c2ccc(Br)cc2)ccc1OC(C)=O. The third-order valence-corrected chi connectivity index (χ3v) is 3.46. The summed E-state index contributed by atoms with van der Waals surface area (Å²) < 4.78 is 11.1. The van der Waals surface area contributed by atoms with E-state index in [0.717, 1.165) is 4.47 Å². The molecule has 0 unspecified atom stereocenters. The van der Waals surface area contributed by atoms with E-state index in [0.29, 0.717) is 22.6 Å². The van der Waals surface area contributed by atoms with E-state index in [9.17, 15) is 9.59 Å². The van der Waals surface area contributed by atoms with Crippen LogP contribution < -0.4 is 14.9 Å². The van der Waals surface area contributed by atoms with Gasteiger partial charge in [0.05, 0.1) is 13.3 Å². The zero-order valence-electron chi connectivity index (χ0n) is 13.1. The number of hydrogen-bond donors (Lipinski definition) is 1. The number of carbonyl (C=O) groups excluding carboxylic acids is 2. The zero-order chi connectivity index (χ0) is 17.5. The summed E-state index contributed by atoms with van der Waals surface area (Å²) in [6.07, 6.45) is 1.47. The first-order chi connectivity index (χ1) is 11.5. The number of amides is 1. The Balaban J connectivity index is 2.04. The number of ether oxygens (including phenoxy) is 2. The maximum Gasteiger partial charge on any atom is 0.308 e. The van der Waals surface area contributed by atoms with Gasteiger partial charge in [-0.05, 0) is 48.0 Å². The Hall–Kier alpha value is -2.67. The Kier molecular flexibility index (Phi) is 6.08. The molecule has 0 radical (unpaired) electrons. The highest BCUT2D eigenvalue weighted by Gasteiger charge is 2.07. The molecular weight excluding hydrogens is 376 g/mol. The Labute approximate surface area is 147 Å². The first kappa shape index (κ1) is 17.7. The fraction of sp³-hybridized carbons (Fsp3) is 0.118. The summed E-state index contributed by atoms with van der Waals surface area (Å²) in [5.74, 6) is -0.0341. The van der Waals surface area contributed by atoms with Crippen LogP contribution in [0.25, 0.3) is 0 Å². The van der Waals surface area contributed by atoms with Gasteiger partial charge in [0, 0.05) is 17.0 Å². The van der Waals surface area contributed by atoms with Crippen molar-refractivity contribution in [1.82, 2.24) is 5.43 Å². The van der Waals surface area contributed by atoms with E-state index in [1.807, 2.05) is 0 Å². The number of nitrogens with zero attached hydrogens (tertiary/aromatic N) is 1. The molecule has 24 heavy (non-hydrogen) atoms. The molecule has 0 aliphatic rings. The first-order valence-electron chi connectivity index (χ1n) is 6.95. The van der Waals surface area contributed by atoms with E-state index in [1.165, 1.54) is 20.2 Å². The number of carbonyl (C=O) groups is 2. The number of hydrazone groups is 1. The van der Waals surface area contributed by atoms with Crippen LogP contribution in [0.5, 0.6) is 11.5 Å². The van der Waals surface area contributed by atoms with Crippen molar-refractivity contribution in [3.8, 4) is 11.5 Å². The normalized spacial score (nSPS) is 10.5. The molecule has 0 atom stereocenters. The van der Waals surface area contributed by atoms with Crippen molar-refractivity contribution in [2.24, 2.45) is 5.10 Å². The molecule has 0 heterocycles. The van der Waals surface area contributed by atoms with Crippen molar-refractivity contribution in [3.05, 3.63) is 58.1 Å². The summed E-state index contributed by atoms with van der Waals surface area (Å²) in [5.41, 5.74) is 3.62. The largest absolute Gasteiger partial charge is 0.493 e. The third kappa shape index (κ3) is 4.92. The summed E-state index contributed by atoms with van der Waals surface area (Å²) in [7, 11) is 1.47. The smallest absolute Gasteiger partial charge is 0.308 e. The van der Waals surface area contributed by atoms with Gasteiger partial charge in [0.1, 0.15) is 0 Å². The summed E-state index contributed by atoms with van der Waals surface area (Å²) in [6, 6.07) is 11.9. The summed E-state index contributed by atoms with van der Waals surface area (Å²) in [4.78, 5) is 22.9. The number of halogens is 1. The highest BCUT2D eigenvalue weighted by molar-refractivity contribution is 9.10. The summed E-state index contributed by atoms with van der Waals surface area (Å²) in [5, 5.41) is 3.91. The molecule has 0 saturated carbocycles. The van der Waals surface area contributed by atoms with Crippen molar-refractivity contribution in [2.45, 2.75) is 6.92 Å². The number of hydrogen-bond acceptors (Lipinski definition) is 5. The minimum absolute atomic E-state index is 0.317. The molecule has 0 aliphatic carbocycles. The number of rotatable bonds is 5. The standard InChI is InChI=1S/C17H15BrN2O4/c1-11(21)24-15-8-3-12(9-16(15)23-2)10-19-20-17(22)13-4-6-14(18)7-5-13/h3-10H,1-2H3,(H,20,22)/b19-10-. The molecule has 0 aromatic heterocycles. The van der Waals surface area contributed by atoms with E-state index < -0.39 is 5.97 Å². The van der Waals surface area contributed by atoms with Crippen LogP contribution in [0.4, 0.5) is 0 Å². The monoisotopic (exact) mass is 390 g/mol. The lowest BCUT2D eigenvalue weighted by atomic mass is 10.2. The Morgan fingerprint density at radius 1 is 1.12 bits per heavy atom. The quantitative estimate of drug-likeness (QED) is 0.368. The number of benzene rings is 2. The molecule has 0 spiro atoms. The van der Waals surface area contributed by atoms with Gasteiger partial charge in [0.15, 0.2) is 11.5 Å². The van der Waals surface area contributed by atoms with Crippen LogP contribution in [0.15, 0.2) is 52.0 Å². The second-order valence-electron chi connectivity index (χ2n) is 4.71. The molecule has 1 amide bonds. The molecule has 7 heteroatoms. The van der Waals surface area contributed by atoms with Gasteiger partial charge >= 0.3 is 5.97 Å². The molecule has 1 N–H and O–H groups in total. The van der Waals surface area contributed by atoms with Crippen molar-refractivity contribution in [3.63, 3.8) is 0 Å². The second-order valence-corrected chi connectivity index (χ2v) is 5.63. The second kappa shape index (κ2) is 8.26. The van der Waals surface area contributed by atoms with E-state index in [1.54, 1.807) is 42.5 Å². The average molecular weight is 391 g/mol. The predicted octanol–water partition coefficient (Wildman–Crippen LogP) is 3.15. The predicted molar refractivity (Wildman–Crippen MR) is 93.5 cm³/mol. The van der Waals surface area contributed by atoms with Crippen molar-refractivity contribution >= 4 is 34.0 Å². The van der Waals surface area contributed by atoms with Crippen molar-refractivity contribution in [2.75, 3.05) is 7.11 Å². The van der Waals surface area contributed by atoms with E-state index in [-0.39, 0.29) is 5.91 Å². The van der Waals surface area contributed by atoms with Gasteiger partial charge in [-0.3, -0.25) is 9.59 Å². The molecule has 0 bridgehead atoms. The van der Waals surface area contributed by atoms with Crippen LogP contribution in [0.1, 0.15) is 22.8 Å². The van der Waals surface area contributed by atoms with E-state index >= 15 is 0 Å². The van der Waals surface area contributed by atoms with Gasteiger partial charge < -0.3 is 9.47 Å². The molecule has 0 fully saturated rings. The number of methoxy groups -OCH3 is 1. The van der Waals surface area contributed by atoms with Gasteiger partial charge in [-0.25, -0.2) is 5.43 Å². The Bertz CT molecular complexity index is 773. The maximum atomic E-state index is 11.9. The Morgan fingerprint density at radius 3 is 2.46 bits per heavy atom. The van der Waals surface area contributed by atoms with Gasteiger partial charge in [-0.1, -0.05) is 15.9 Å². The lowest BCUT2D eigenvalue weighted by molar-refractivity contribution is -0.132. The lowest BCUT2D eigenvalue weighted by Crippen LogP contribution is -2.17. The number of nitrogens with one attached hydrogen (secondary N) is 1. The van der Waals surface area contributed by atoms with Crippen molar-refractivity contribution in [1.29, 1.82) is 0 Å². The summed E-state index contributed by atoms with van der Waals surface area (Å²) in [6.45, 7) is 1.31. The van der Waals surface area contributed by atoms with E-state index in [4.69, 9.17) is 9.47 Å². The lowest BCUT2D eigenvalue weighted by Gasteiger charge is -2.08. The molecule has 2 aromatic rings. The molecule has 6 nitrogen and oxygen atoms in total. The minimum Gasteiger partial charge on any atom is -0.493 e. The highest BCUT2D eigenvalue weighted by Crippen LogP contribution is 2.27. The molecule has 2 rings (SSSR count). The van der Waals surface area contributed by atoms with Gasteiger partial charge in [-0.2, -0.15) is 5.10 Å². The van der Waals surface area contributed by atoms with Crippen LogP contribution in [-0.2, 0) is 4.79 Å². The van der Waals surface area contributed by atoms with Gasteiger partial charge in [0.2, 0.25) is 0 Å². The fourth-order valence-corrected chi connectivity index (χ4v) is 2.10. The molecule has 2 aromatic carbocycles. The molecule has 0 aliphatic heterocycles.